The molecule has 0 bridgehead atoms. The molecule has 1 N–H and O–H groups in total. The zero-order valence-electron chi connectivity index (χ0n) is 11.9. The molecule has 1 aromatic carbocycles. The van der Waals surface area contributed by atoms with Gasteiger partial charge in [-0.25, -0.2) is 9.48 Å². The van der Waals surface area contributed by atoms with Gasteiger partial charge in [-0.1, -0.05) is 28.4 Å². The molecular weight excluding hydrogens is 332 g/mol. The minimum absolute atomic E-state index is 0.214. The molecule has 1 aliphatic rings. The number of rotatable bonds is 2. The third-order valence-electron chi connectivity index (χ3n) is 4.10. The molecule has 1 heterocycles. The summed E-state index contributed by atoms with van der Waals surface area (Å²) < 4.78 is 2.85. The molecule has 0 saturated carbocycles. The molecule has 0 aliphatic heterocycles. The molecule has 0 unspecified atom stereocenters. The van der Waals surface area contributed by atoms with Crippen molar-refractivity contribution in [3.63, 3.8) is 0 Å². The first-order valence-electron chi connectivity index (χ1n) is 7.19. The van der Waals surface area contributed by atoms with Crippen molar-refractivity contribution in [3.8, 4) is 5.69 Å². The first kappa shape index (κ1) is 14.3. The van der Waals surface area contributed by atoms with E-state index in [0.717, 1.165) is 59.1 Å². The predicted octanol–water partition coefficient (Wildman–Crippen LogP) is 3.91. The van der Waals surface area contributed by atoms with Crippen LogP contribution in [0.4, 0.5) is 0 Å². The number of hydrogen-bond acceptors (Lipinski definition) is 2. The molecule has 0 fully saturated rings. The fourth-order valence-electron chi connectivity index (χ4n) is 2.97. The number of hydrogen-bond donors (Lipinski definition) is 1. The fraction of sp³-hybridized carbons (Fsp3) is 0.375. The van der Waals surface area contributed by atoms with Gasteiger partial charge in [-0.3, -0.25) is 0 Å². The van der Waals surface area contributed by atoms with Crippen LogP contribution in [0.25, 0.3) is 5.69 Å². The summed E-state index contributed by atoms with van der Waals surface area (Å²) in [6.07, 6.45) is 4.97. The molecule has 1 aromatic heterocycles. The molecule has 5 heteroatoms. The number of aromatic carboxylic acids is 1. The highest BCUT2D eigenvalue weighted by Gasteiger charge is 2.24. The second-order valence-corrected chi connectivity index (χ2v) is 6.29. The lowest BCUT2D eigenvalue weighted by molar-refractivity contribution is 0.0688. The van der Waals surface area contributed by atoms with E-state index in [-0.39, 0.29) is 5.69 Å². The average molecular weight is 349 g/mol. The number of halogens is 1. The summed E-state index contributed by atoms with van der Waals surface area (Å²) in [6, 6.07) is 5.93. The van der Waals surface area contributed by atoms with Crippen molar-refractivity contribution < 1.29 is 9.90 Å². The summed E-state index contributed by atoms with van der Waals surface area (Å²) in [5.74, 6) is -0.931. The van der Waals surface area contributed by atoms with E-state index in [2.05, 4.69) is 21.0 Å². The highest BCUT2D eigenvalue weighted by molar-refractivity contribution is 9.10. The Kier molecular flexibility index (Phi) is 3.85. The molecule has 0 atom stereocenters. The third kappa shape index (κ3) is 2.50. The Bertz CT molecular complexity index is 707. The molecule has 4 nitrogen and oxygen atoms in total. The quantitative estimate of drug-likeness (QED) is 0.837. The third-order valence-corrected chi connectivity index (χ3v) is 4.96. The lowest BCUT2D eigenvalue weighted by Gasteiger charge is -2.11. The number of carbonyl (C=O) groups is 1. The topological polar surface area (TPSA) is 55.1 Å². The van der Waals surface area contributed by atoms with Gasteiger partial charge in [0.1, 0.15) is 0 Å². The van der Waals surface area contributed by atoms with Gasteiger partial charge in [0.2, 0.25) is 0 Å². The van der Waals surface area contributed by atoms with Crippen LogP contribution in [0.3, 0.4) is 0 Å². The summed E-state index contributed by atoms with van der Waals surface area (Å²) in [5.41, 5.74) is 4.22. The minimum Gasteiger partial charge on any atom is -0.476 e. The summed E-state index contributed by atoms with van der Waals surface area (Å²) in [6.45, 7) is 2.02. The lowest BCUT2D eigenvalue weighted by Crippen LogP contribution is -2.06. The zero-order valence-corrected chi connectivity index (χ0v) is 13.5. The van der Waals surface area contributed by atoms with E-state index in [1.807, 2.05) is 29.8 Å². The Balaban J connectivity index is 2.23. The number of nitrogens with zero attached hydrogens (tertiary/aromatic N) is 2. The van der Waals surface area contributed by atoms with E-state index in [0.29, 0.717) is 0 Å². The van der Waals surface area contributed by atoms with Crippen LogP contribution in [0.2, 0.25) is 0 Å². The van der Waals surface area contributed by atoms with Crippen LogP contribution in [0.1, 0.15) is 46.6 Å². The van der Waals surface area contributed by atoms with Crippen LogP contribution < -0.4 is 0 Å². The van der Waals surface area contributed by atoms with Gasteiger partial charge >= 0.3 is 5.97 Å². The molecule has 2 aromatic rings. The highest BCUT2D eigenvalue weighted by atomic mass is 79.9. The van der Waals surface area contributed by atoms with Crippen LogP contribution in [0.5, 0.6) is 0 Å². The minimum atomic E-state index is -0.931. The van der Waals surface area contributed by atoms with Gasteiger partial charge in [-0.15, -0.1) is 0 Å². The van der Waals surface area contributed by atoms with Crippen LogP contribution in [-0.4, -0.2) is 20.9 Å². The maximum Gasteiger partial charge on any atom is 0.356 e. The van der Waals surface area contributed by atoms with Crippen LogP contribution in [-0.2, 0) is 12.8 Å². The van der Waals surface area contributed by atoms with Crippen molar-refractivity contribution in [3.05, 3.63) is 45.2 Å². The Labute approximate surface area is 131 Å². The summed E-state index contributed by atoms with van der Waals surface area (Å²) in [7, 11) is 0. The van der Waals surface area contributed by atoms with Crippen LogP contribution >= 0.6 is 15.9 Å². The zero-order chi connectivity index (χ0) is 15.0. The first-order chi connectivity index (χ1) is 10.1. The maximum absolute atomic E-state index is 11.5. The number of aromatic nitrogens is 2. The molecule has 21 heavy (non-hydrogen) atoms. The van der Waals surface area contributed by atoms with Gasteiger partial charge < -0.3 is 5.11 Å². The van der Waals surface area contributed by atoms with Crippen molar-refractivity contribution >= 4 is 21.9 Å². The number of carboxylic acids is 1. The first-order valence-corrected chi connectivity index (χ1v) is 7.98. The molecule has 0 radical (unpaired) electrons. The second-order valence-electron chi connectivity index (χ2n) is 5.44. The molecule has 1 aliphatic carbocycles. The van der Waals surface area contributed by atoms with Crippen molar-refractivity contribution in [1.82, 2.24) is 9.78 Å². The molecule has 0 spiro atoms. The van der Waals surface area contributed by atoms with E-state index < -0.39 is 5.97 Å². The lowest BCUT2D eigenvalue weighted by atomic mass is 10.1. The van der Waals surface area contributed by atoms with Crippen LogP contribution in [0.15, 0.2) is 22.7 Å². The standard InChI is InChI=1S/C16H17BrN2O2/c1-10-12(17)7-5-9-13(10)19-14-8-4-2-3-6-11(14)15(18-19)16(20)21/h5,7,9H,2-4,6,8H2,1H3,(H,20,21). The number of benzene rings is 1. The van der Waals surface area contributed by atoms with E-state index in [4.69, 9.17) is 0 Å². The summed E-state index contributed by atoms with van der Waals surface area (Å²) in [5, 5.41) is 13.8. The highest BCUT2D eigenvalue weighted by Crippen LogP contribution is 2.29. The van der Waals surface area contributed by atoms with Gasteiger partial charge in [0.05, 0.1) is 5.69 Å². The van der Waals surface area contributed by atoms with E-state index >= 15 is 0 Å². The summed E-state index contributed by atoms with van der Waals surface area (Å²) in [4.78, 5) is 11.5. The molecular formula is C16H17BrN2O2. The van der Waals surface area contributed by atoms with Crippen LogP contribution in [0, 0.1) is 6.92 Å². The Hall–Kier alpha value is -1.62. The van der Waals surface area contributed by atoms with E-state index in [1.165, 1.54) is 0 Å². The van der Waals surface area contributed by atoms with Crippen molar-refractivity contribution in [2.24, 2.45) is 0 Å². The average Bonchev–Trinajstić information content (AvgIpc) is 2.65. The Morgan fingerprint density at radius 2 is 2.05 bits per heavy atom. The number of carboxylic acid groups (broad SMARTS) is 1. The molecule has 3 rings (SSSR count). The fourth-order valence-corrected chi connectivity index (χ4v) is 3.33. The Morgan fingerprint density at radius 1 is 1.29 bits per heavy atom. The molecule has 0 amide bonds. The second kappa shape index (κ2) is 5.64. The largest absolute Gasteiger partial charge is 0.476 e. The summed E-state index contributed by atoms with van der Waals surface area (Å²) >= 11 is 3.53. The SMILES string of the molecule is Cc1c(Br)cccc1-n1nc(C(=O)O)c2c1CCCCC2. The van der Waals surface area contributed by atoms with Gasteiger partial charge in [-0.2, -0.15) is 5.10 Å². The molecule has 0 saturated heterocycles. The van der Waals surface area contributed by atoms with Crippen molar-refractivity contribution in [2.75, 3.05) is 0 Å². The molecule has 110 valence electrons. The normalized spacial score (nSPS) is 14.6. The predicted molar refractivity (Wildman–Crippen MR) is 84.2 cm³/mol. The smallest absolute Gasteiger partial charge is 0.356 e. The van der Waals surface area contributed by atoms with Gasteiger partial charge in [0.15, 0.2) is 5.69 Å². The monoisotopic (exact) mass is 348 g/mol. The number of fused-ring (bicyclic) bond motifs is 1. The maximum atomic E-state index is 11.5. The van der Waals surface area contributed by atoms with Gasteiger partial charge in [0, 0.05) is 15.7 Å². The van der Waals surface area contributed by atoms with Crippen molar-refractivity contribution in [2.45, 2.75) is 39.0 Å². The van der Waals surface area contributed by atoms with E-state index in [9.17, 15) is 9.90 Å². The van der Waals surface area contributed by atoms with Crippen molar-refractivity contribution in [1.29, 1.82) is 0 Å². The van der Waals surface area contributed by atoms with Gasteiger partial charge in [0.25, 0.3) is 0 Å². The van der Waals surface area contributed by atoms with E-state index in [1.54, 1.807) is 0 Å². The van der Waals surface area contributed by atoms with Gasteiger partial charge in [-0.05, 0) is 50.3 Å². The Morgan fingerprint density at radius 3 is 2.81 bits per heavy atom.